The second-order valence-electron chi connectivity index (χ2n) is 20.1. The number of benzene rings is 1. The Morgan fingerprint density at radius 1 is 0.971 bits per heavy atom. The van der Waals surface area contributed by atoms with Crippen LogP contribution >= 0.6 is 0 Å². The molecule has 7 heterocycles. The van der Waals surface area contributed by atoms with Crippen LogP contribution in [0.1, 0.15) is 98.7 Å². The first-order valence-corrected chi connectivity index (χ1v) is 24.5. The molecule has 0 spiro atoms. The lowest BCUT2D eigenvalue weighted by atomic mass is 9.82. The van der Waals surface area contributed by atoms with E-state index in [4.69, 9.17) is 10.3 Å². The van der Waals surface area contributed by atoms with E-state index in [1.807, 2.05) is 22.9 Å². The molecule has 2 aromatic heterocycles. The Kier molecular flexibility index (Phi) is 12.5. The number of hydrogen-bond acceptors (Lipinski definition) is 12. The number of nitrogens with two attached hydrogens (primary N) is 1. The third kappa shape index (κ3) is 8.71. The highest BCUT2D eigenvalue weighted by molar-refractivity contribution is 6.15. The monoisotopic (exact) mass is 932 g/mol. The molecule has 3 N–H and O–H groups in total. The molecule has 362 valence electrons. The number of carbonyl (C=O) groups excluding carboxylic acids is 5. The highest BCUT2D eigenvalue weighted by Crippen LogP contribution is 2.57. The third-order valence-corrected chi connectivity index (χ3v) is 15.5. The van der Waals surface area contributed by atoms with Gasteiger partial charge in [0.15, 0.2) is 11.3 Å². The maximum atomic E-state index is 13.9. The number of anilines is 1. The predicted octanol–water partition coefficient (Wildman–Crippen LogP) is 3.47. The molecule has 1 saturated carbocycles. The van der Waals surface area contributed by atoms with Gasteiger partial charge in [0.25, 0.3) is 5.91 Å². The Balaban J connectivity index is 0.00000593. The number of amides is 5. The molecule has 5 amide bonds. The van der Waals surface area contributed by atoms with Gasteiger partial charge >= 0.3 is 5.69 Å². The first kappa shape index (κ1) is 45.5. The number of aromatic nitrogens is 2. The van der Waals surface area contributed by atoms with Gasteiger partial charge in [0.1, 0.15) is 6.04 Å². The molecule has 4 saturated heterocycles. The molecule has 2 aliphatic carbocycles. The average Bonchev–Trinajstić information content (AvgIpc) is 3.91. The molecular weight excluding hydrogens is 867 g/mol. The Labute approximate surface area is 397 Å². The first-order valence-electron chi connectivity index (χ1n) is 24.5. The number of likely N-dealkylation sites (tertiary alicyclic amines) is 2. The molecule has 0 radical (unpaired) electrons. The van der Waals surface area contributed by atoms with Crippen molar-refractivity contribution in [3.63, 3.8) is 0 Å². The number of nitrogens with one attached hydrogen (secondary N) is 1. The molecule has 1 aromatic carbocycles. The lowest BCUT2D eigenvalue weighted by molar-refractivity contribution is -0.143. The zero-order valence-corrected chi connectivity index (χ0v) is 39.4. The average molecular weight is 932 g/mol. The second kappa shape index (κ2) is 18.7. The van der Waals surface area contributed by atoms with Crippen molar-refractivity contribution in [2.24, 2.45) is 46.7 Å². The van der Waals surface area contributed by atoms with Gasteiger partial charge < -0.3 is 34.8 Å². The van der Waals surface area contributed by atoms with E-state index in [-0.39, 0.29) is 67.1 Å². The molecule has 18 nitrogen and oxygen atoms in total. The maximum Gasteiger partial charge on any atom is 0.329 e. The van der Waals surface area contributed by atoms with E-state index in [1.54, 1.807) is 29.3 Å². The van der Waals surface area contributed by atoms with E-state index in [2.05, 4.69) is 43.4 Å². The normalized spacial score (nSPS) is 24.0. The molecule has 5 aliphatic heterocycles. The summed E-state index contributed by atoms with van der Waals surface area (Å²) in [4.78, 5) is 93.1. The molecule has 68 heavy (non-hydrogen) atoms. The van der Waals surface area contributed by atoms with Crippen LogP contribution in [0.25, 0.3) is 22.1 Å². The molecule has 3 unspecified atom stereocenters. The Morgan fingerprint density at radius 3 is 2.49 bits per heavy atom. The number of carbonyl (C=O) groups is 5. The van der Waals surface area contributed by atoms with Crippen LogP contribution in [-0.4, -0.2) is 150 Å². The van der Waals surface area contributed by atoms with Crippen LogP contribution in [0.4, 0.5) is 5.69 Å². The Hall–Kier alpha value is -6.30. The largest absolute Gasteiger partial charge is 0.449 e. The molecule has 5 fully saturated rings. The quantitative estimate of drug-likeness (QED) is 0.117. The van der Waals surface area contributed by atoms with Gasteiger partial charge in [0, 0.05) is 117 Å². The van der Waals surface area contributed by atoms with Crippen molar-refractivity contribution in [2.45, 2.75) is 69.7 Å². The zero-order valence-electron chi connectivity index (χ0n) is 39.4. The van der Waals surface area contributed by atoms with Crippen molar-refractivity contribution in [3.05, 3.63) is 63.5 Å². The Bertz CT molecular complexity index is 2710. The smallest absolute Gasteiger partial charge is 0.329 e. The van der Waals surface area contributed by atoms with Gasteiger partial charge in [-0.3, -0.25) is 43.4 Å². The van der Waals surface area contributed by atoms with Crippen LogP contribution in [0.3, 0.4) is 0 Å². The van der Waals surface area contributed by atoms with Gasteiger partial charge in [-0.25, -0.2) is 4.79 Å². The van der Waals surface area contributed by atoms with E-state index in [1.165, 1.54) is 22.9 Å². The van der Waals surface area contributed by atoms with Crippen LogP contribution in [0.5, 0.6) is 0 Å². The van der Waals surface area contributed by atoms with Gasteiger partial charge in [-0.2, -0.15) is 5.10 Å². The van der Waals surface area contributed by atoms with Gasteiger partial charge in [0.2, 0.25) is 23.6 Å². The standard InChI is InChI=1S/C50H63N11O7.H2/c1-55(2)49(66)41-25-36-21-34(33-5-4-16-59(29-33)43(63)8-13-52-14-15-53-51)24-40(46(36)68-41)58-19-11-32(12-20-58)48(65)60-27-30(28-60)26-57-17-9-31(10-18-57)37-22-35-23-38(35)45-44(37)56(3)50(67)61(45)39-6-7-42(62)54-47(39)64;/h5,14-15,21-22,24-25,30-32,35,38-39H,4,6-13,16-20,23,26-29,51H2,1-3H3,(H,54,62,64);1H/b52-14?,53-15-;. The predicted molar refractivity (Wildman–Crippen MR) is 260 cm³/mol. The summed E-state index contributed by atoms with van der Waals surface area (Å²) in [5.41, 5.74) is 6.60. The minimum absolute atomic E-state index is 0. The molecule has 7 aliphatic rings. The molecular formula is C50H65N11O7. The summed E-state index contributed by atoms with van der Waals surface area (Å²) in [5.74, 6) is 6.14. The minimum atomic E-state index is -0.648. The van der Waals surface area contributed by atoms with Gasteiger partial charge in [-0.15, -0.1) is 0 Å². The van der Waals surface area contributed by atoms with Gasteiger partial charge in [0.05, 0.1) is 23.3 Å². The van der Waals surface area contributed by atoms with Crippen LogP contribution in [0.15, 0.2) is 49.7 Å². The molecule has 0 bridgehead atoms. The summed E-state index contributed by atoms with van der Waals surface area (Å²) in [7, 11) is 5.23. The summed E-state index contributed by atoms with van der Waals surface area (Å²) in [6.45, 7) is 7.23. The third-order valence-electron chi connectivity index (χ3n) is 15.5. The second-order valence-corrected chi connectivity index (χ2v) is 20.1. The first-order chi connectivity index (χ1) is 32.9. The number of nitrogens with zero attached hydrogens (tertiary/aromatic N) is 9. The van der Waals surface area contributed by atoms with Crippen LogP contribution in [0, 0.1) is 23.7 Å². The van der Waals surface area contributed by atoms with Crippen LogP contribution < -0.4 is 21.7 Å². The van der Waals surface area contributed by atoms with Crippen molar-refractivity contribution in [1.29, 1.82) is 0 Å². The number of imide groups is 1. The van der Waals surface area contributed by atoms with E-state index in [0.717, 1.165) is 105 Å². The number of rotatable bonds is 12. The van der Waals surface area contributed by atoms with E-state index in [9.17, 15) is 28.8 Å². The number of hydrazone groups is 1. The lowest BCUT2D eigenvalue weighted by Crippen LogP contribution is -2.56. The van der Waals surface area contributed by atoms with Crippen molar-refractivity contribution in [1.82, 2.24) is 34.1 Å². The highest BCUT2D eigenvalue weighted by atomic mass is 16.3. The highest BCUT2D eigenvalue weighted by Gasteiger charge is 2.49. The zero-order chi connectivity index (χ0) is 47.4. The maximum absolute atomic E-state index is 13.9. The Morgan fingerprint density at radius 2 is 1.75 bits per heavy atom. The number of allylic oxidation sites excluding steroid dienone is 2. The number of imidazole rings is 1. The van der Waals surface area contributed by atoms with E-state index in [0.29, 0.717) is 62.5 Å². The SMILES string of the molecule is CN(C)C(=O)c1cc2cc(C3=CCCN(C(=O)CCN=C/C=N\N)C3)cc(N3CCC(C(=O)N4CC(CN5CCC(C6=CC7CC7c7c6n(C)c(=O)n7C6CCC(=O)NC6=O)CC5)C4)CC3)c2o1.[HH]. The molecule has 10 rings (SSSR count). The number of fused-ring (bicyclic) bond motifs is 4. The summed E-state index contributed by atoms with van der Waals surface area (Å²) in [5, 5.41) is 6.67. The van der Waals surface area contributed by atoms with Gasteiger partial charge in [-0.1, -0.05) is 12.2 Å². The number of piperidine rings is 3. The molecule has 3 aromatic rings. The summed E-state index contributed by atoms with van der Waals surface area (Å²) < 4.78 is 9.74. The minimum Gasteiger partial charge on any atom is -0.449 e. The summed E-state index contributed by atoms with van der Waals surface area (Å²) in [6.07, 6.45) is 13.5. The fourth-order valence-corrected chi connectivity index (χ4v) is 11.7. The summed E-state index contributed by atoms with van der Waals surface area (Å²) in [6, 6.07) is 5.32. The van der Waals surface area contributed by atoms with E-state index >= 15 is 0 Å². The van der Waals surface area contributed by atoms with Crippen molar-refractivity contribution in [3.8, 4) is 0 Å². The van der Waals surface area contributed by atoms with Gasteiger partial charge in [-0.05, 0) is 105 Å². The van der Waals surface area contributed by atoms with Crippen molar-refractivity contribution < 1.29 is 29.8 Å². The van der Waals surface area contributed by atoms with Crippen LogP contribution in [0.2, 0.25) is 0 Å². The topological polar surface area (TPSA) is 204 Å². The van der Waals surface area contributed by atoms with Crippen molar-refractivity contribution >= 4 is 69.8 Å². The lowest BCUT2D eigenvalue weighted by Gasteiger charge is -2.45. The molecule has 3 atom stereocenters. The fraction of sp³-hybridized carbons (Fsp3) is 0.560. The fourth-order valence-electron chi connectivity index (χ4n) is 11.7. The number of hydrogen-bond donors (Lipinski definition) is 2. The van der Waals surface area contributed by atoms with E-state index < -0.39 is 6.04 Å². The number of furan rings is 1. The number of aliphatic imine (C=N–C) groups is 1. The molecule has 18 heteroatoms. The van der Waals surface area contributed by atoms with Crippen molar-refractivity contribution in [2.75, 3.05) is 84.4 Å². The summed E-state index contributed by atoms with van der Waals surface area (Å²) >= 11 is 0. The van der Waals surface area contributed by atoms with Crippen LogP contribution in [-0.2, 0) is 26.2 Å².